The molecule has 0 atom stereocenters. The first kappa shape index (κ1) is 27.3. The Morgan fingerprint density at radius 2 is 1.75 bits per heavy atom. The normalized spacial score (nSPS) is 14.6. The lowest BCUT2D eigenvalue weighted by Crippen LogP contribution is -2.37. The Labute approximate surface area is 229 Å². The lowest BCUT2D eigenvalue weighted by Gasteiger charge is -2.32. The highest BCUT2D eigenvalue weighted by Crippen LogP contribution is 2.37. The third-order valence-electron chi connectivity index (χ3n) is 6.88. The van der Waals surface area contributed by atoms with E-state index in [0.717, 1.165) is 11.8 Å². The van der Waals surface area contributed by atoms with Gasteiger partial charge in [0.1, 0.15) is 11.5 Å². The number of carboxylic acids is 1. The van der Waals surface area contributed by atoms with Gasteiger partial charge in [-0.15, -0.1) is 0 Å². The number of piperidine rings is 1. The lowest BCUT2D eigenvalue weighted by molar-refractivity contribution is -0.142. The summed E-state index contributed by atoms with van der Waals surface area (Å²) >= 11 is 0. The van der Waals surface area contributed by atoms with Crippen molar-refractivity contribution in [2.45, 2.75) is 32.9 Å². The number of pyridine rings is 2. The van der Waals surface area contributed by atoms with Gasteiger partial charge in [0.2, 0.25) is 5.95 Å². The summed E-state index contributed by atoms with van der Waals surface area (Å²) in [6.45, 7) is 5.68. The highest BCUT2D eigenvalue weighted by Gasteiger charge is 2.35. The van der Waals surface area contributed by atoms with Crippen LogP contribution in [0.4, 0.5) is 30.6 Å². The van der Waals surface area contributed by atoms with Crippen LogP contribution in [0, 0.1) is 11.8 Å². The van der Waals surface area contributed by atoms with Crippen molar-refractivity contribution in [1.82, 2.24) is 19.9 Å². The number of alkyl halides is 3. The molecule has 3 aromatic heterocycles. The van der Waals surface area contributed by atoms with Gasteiger partial charge in [0.15, 0.2) is 5.65 Å². The van der Waals surface area contributed by atoms with E-state index >= 15 is 0 Å². The van der Waals surface area contributed by atoms with Gasteiger partial charge in [-0.05, 0) is 55.2 Å². The first-order chi connectivity index (χ1) is 19.1. The van der Waals surface area contributed by atoms with Crippen molar-refractivity contribution in [3.05, 3.63) is 66.4 Å². The van der Waals surface area contributed by atoms with Gasteiger partial charge in [0.05, 0.1) is 22.6 Å². The van der Waals surface area contributed by atoms with Gasteiger partial charge in [-0.3, -0.25) is 9.78 Å². The standard InChI is InChI=1S/C29H29F3N6O2/c1-18(2)17-38(20-7-4-3-5-8-20)26-21-10-11-23(24-22(29(30,31)32)9-6-14-33-24)34-25(21)35-28(36-26)37-15-12-19(13-16-37)27(39)40/h3-11,14,18-19H,12-13,15-17H2,1-2H3,(H,39,40). The van der Waals surface area contributed by atoms with Crippen molar-refractivity contribution in [3.8, 4) is 11.4 Å². The van der Waals surface area contributed by atoms with Gasteiger partial charge in [-0.2, -0.15) is 23.1 Å². The Bertz CT molecular complexity index is 1510. The molecule has 1 aliphatic heterocycles. The van der Waals surface area contributed by atoms with E-state index in [2.05, 4.69) is 33.7 Å². The van der Waals surface area contributed by atoms with Crippen LogP contribution in [0.25, 0.3) is 22.4 Å². The van der Waals surface area contributed by atoms with Crippen LogP contribution in [0.5, 0.6) is 0 Å². The van der Waals surface area contributed by atoms with Crippen molar-refractivity contribution < 1.29 is 23.1 Å². The number of fused-ring (bicyclic) bond motifs is 1. The van der Waals surface area contributed by atoms with Gasteiger partial charge in [-0.1, -0.05) is 32.0 Å². The van der Waals surface area contributed by atoms with E-state index in [1.165, 1.54) is 18.3 Å². The van der Waals surface area contributed by atoms with E-state index < -0.39 is 23.6 Å². The van der Waals surface area contributed by atoms with Crippen LogP contribution in [0.1, 0.15) is 32.3 Å². The van der Waals surface area contributed by atoms with E-state index in [1.54, 1.807) is 6.07 Å². The molecule has 4 heterocycles. The number of nitrogens with zero attached hydrogens (tertiary/aromatic N) is 6. The summed E-state index contributed by atoms with van der Waals surface area (Å²) in [7, 11) is 0. The van der Waals surface area contributed by atoms with Crippen molar-refractivity contribution in [2.75, 3.05) is 29.4 Å². The number of benzene rings is 1. The van der Waals surface area contributed by atoms with Crippen LogP contribution in [-0.2, 0) is 11.0 Å². The van der Waals surface area contributed by atoms with E-state index in [0.29, 0.717) is 49.6 Å². The third-order valence-corrected chi connectivity index (χ3v) is 6.88. The predicted molar refractivity (Wildman–Crippen MR) is 146 cm³/mol. The first-order valence-corrected chi connectivity index (χ1v) is 13.1. The quantitative estimate of drug-likeness (QED) is 0.291. The van der Waals surface area contributed by atoms with Crippen molar-refractivity contribution >= 4 is 34.5 Å². The maximum Gasteiger partial charge on any atom is 0.418 e. The van der Waals surface area contributed by atoms with Crippen LogP contribution in [0.2, 0.25) is 0 Å². The summed E-state index contributed by atoms with van der Waals surface area (Å²) in [5.74, 6) is -0.0640. The fourth-order valence-electron chi connectivity index (χ4n) is 4.91. The number of carbonyl (C=O) groups is 1. The Balaban J connectivity index is 1.68. The summed E-state index contributed by atoms with van der Waals surface area (Å²) in [5.41, 5.74) is 0.0396. The largest absolute Gasteiger partial charge is 0.481 e. The average molecular weight is 551 g/mol. The fourth-order valence-corrected chi connectivity index (χ4v) is 4.91. The number of rotatable bonds is 7. The minimum absolute atomic E-state index is 0.0516. The molecule has 0 bridgehead atoms. The number of carboxylic acid groups (broad SMARTS) is 1. The number of anilines is 3. The molecule has 1 N–H and O–H groups in total. The molecular weight excluding hydrogens is 521 g/mol. The number of aromatic nitrogens is 4. The van der Waals surface area contributed by atoms with Crippen molar-refractivity contribution in [3.63, 3.8) is 0 Å². The van der Waals surface area contributed by atoms with Crippen LogP contribution in [0.15, 0.2) is 60.8 Å². The Morgan fingerprint density at radius 3 is 2.40 bits per heavy atom. The van der Waals surface area contributed by atoms with Crippen LogP contribution < -0.4 is 9.80 Å². The molecule has 1 aliphatic rings. The van der Waals surface area contributed by atoms with Crippen LogP contribution in [-0.4, -0.2) is 50.6 Å². The first-order valence-electron chi connectivity index (χ1n) is 13.1. The smallest absolute Gasteiger partial charge is 0.418 e. The Morgan fingerprint density at radius 1 is 1.02 bits per heavy atom. The van der Waals surface area contributed by atoms with E-state index in [1.807, 2.05) is 35.2 Å². The molecule has 0 unspecified atom stereocenters. The molecule has 0 spiro atoms. The van der Waals surface area contributed by atoms with Gasteiger partial charge in [0, 0.05) is 31.5 Å². The van der Waals surface area contributed by atoms with Crippen LogP contribution >= 0.6 is 0 Å². The summed E-state index contributed by atoms with van der Waals surface area (Å²) in [5, 5.41) is 10.0. The number of aliphatic carboxylic acids is 1. The average Bonchev–Trinajstić information content (AvgIpc) is 2.95. The lowest BCUT2D eigenvalue weighted by atomic mass is 9.97. The molecule has 1 aromatic carbocycles. The molecule has 0 radical (unpaired) electrons. The molecule has 11 heteroatoms. The molecule has 1 fully saturated rings. The SMILES string of the molecule is CC(C)CN(c1ccccc1)c1nc(N2CCC(C(=O)O)CC2)nc2nc(-c3ncccc3C(F)(F)F)ccc12. The number of hydrogen-bond donors (Lipinski definition) is 1. The fraction of sp³-hybridized carbons (Fsp3) is 0.345. The maximum absolute atomic E-state index is 13.8. The molecule has 1 saturated heterocycles. The summed E-state index contributed by atoms with van der Waals surface area (Å²) in [6, 6.07) is 15.2. The second-order valence-corrected chi connectivity index (χ2v) is 10.3. The maximum atomic E-state index is 13.8. The van der Waals surface area contributed by atoms with E-state index in [-0.39, 0.29) is 23.0 Å². The zero-order valence-electron chi connectivity index (χ0n) is 22.1. The molecule has 8 nitrogen and oxygen atoms in total. The topological polar surface area (TPSA) is 95.3 Å². The molecule has 4 aromatic rings. The van der Waals surface area contributed by atoms with Gasteiger partial charge in [0.25, 0.3) is 0 Å². The summed E-state index contributed by atoms with van der Waals surface area (Å²) < 4.78 is 41.3. The number of para-hydroxylation sites is 1. The highest BCUT2D eigenvalue weighted by atomic mass is 19.4. The molecule has 0 amide bonds. The zero-order chi connectivity index (χ0) is 28.4. The van der Waals surface area contributed by atoms with E-state index in [4.69, 9.17) is 4.98 Å². The molecular formula is C29H29F3N6O2. The zero-order valence-corrected chi connectivity index (χ0v) is 22.1. The minimum Gasteiger partial charge on any atom is -0.481 e. The van der Waals surface area contributed by atoms with Crippen molar-refractivity contribution in [2.24, 2.45) is 11.8 Å². The number of hydrogen-bond acceptors (Lipinski definition) is 7. The Hall–Kier alpha value is -4.28. The summed E-state index contributed by atoms with van der Waals surface area (Å²) in [6.07, 6.45) is -2.41. The second kappa shape index (κ2) is 11.1. The highest BCUT2D eigenvalue weighted by molar-refractivity contribution is 5.92. The molecule has 5 rings (SSSR count). The van der Waals surface area contributed by atoms with Gasteiger partial charge >= 0.3 is 12.1 Å². The number of halogens is 3. The Kier molecular flexibility index (Phi) is 7.55. The molecule has 208 valence electrons. The molecule has 40 heavy (non-hydrogen) atoms. The van der Waals surface area contributed by atoms with E-state index in [9.17, 15) is 23.1 Å². The monoisotopic (exact) mass is 550 g/mol. The predicted octanol–water partition coefficient (Wildman–Crippen LogP) is 6.20. The second-order valence-electron chi connectivity index (χ2n) is 10.3. The summed E-state index contributed by atoms with van der Waals surface area (Å²) in [4.78, 5) is 33.7. The van der Waals surface area contributed by atoms with Crippen molar-refractivity contribution in [1.29, 1.82) is 0 Å². The molecule has 0 aliphatic carbocycles. The van der Waals surface area contributed by atoms with Crippen LogP contribution in [0.3, 0.4) is 0 Å². The van der Waals surface area contributed by atoms with Gasteiger partial charge in [-0.25, -0.2) is 4.98 Å². The third kappa shape index (κ3) is 5.68. The van der Waals surface area contributed by atoms with Gasteiger partial charge < -0.3 is 14.9 Å². The molecule has 0 saturated carbocycles. The minimum atomic E-state index is -4.60.